The third-order valence-electron chi connectivity index (χ3n) is 4.59. The summed E-state index contributed by atoms with van der Waals surface area (Å²) in [7, 11) is 0. The molecular formula is C22H28N2O2. The molecule has 0 aliphatic carbocycles. The Hall–Kier alpha value is -2.49. The number of nitrogens with zero attached hydrogens (tertiary/aromatic N) is 2. The smallest absolute Gasteiger partial charge is 0.410 e. The second-order valence-electron chi connectivity index (χ2n) is 7.85. The van der Waals surface area contributed by atoms with Crippen molar-refractivity contribution in [2.24, 2.45) is 0 Å². The van der Waals surface area contributed by atoms with E-state index in [4.69, 9.17) is 4.74 Å². The first kappa shape index (κ1) is 18.3. The summed E-state index contributed by atoms with van der Waals surface area (Å²) < 4.78 is 5.55. The summed E-state index contributed by atoms with van der Waals surface area (Å²) in [5, 5.41) is 0. The van der Waals surface area contributed by atoms with Crippen LogP contribution in [0.4, 0.5) is 10.5 Å². The highest BCUT2D eigenvalue weighted by Gasteiger charge is 2.31. The quantitative estimate of drug-likeness (QED) is 0.778. The first-order valence-corrected chi connectivity index (χ1v) is 9.24. The van der Waals surface area contributed by atoms with Crippen molar-refractivity contribution < 1.29 is 9.53 Å². The molecule has 1 aliphatic rings. The molecule has 1 atom stereocenters. The summed E-state index contributed by atoms with van der Waals surface area (Å²) in [6.45, 7) is 10.1. The van der Waals surface area contributed by atoms with Crippen molar-refractivity contribution in [3.05, 3.63) is 54.6 Å². The predicted molar refractivity (Wildman–Crippen MR) is 106 cm³/mol. The van der Waals surface area contributed by atoms with E-state index in [9.17, 15) is 4.79 Å². The fourth-order valence-corrected chi connectivity index (χ4v) is 3.38. The molecule has 1 fully saturated rings. The van der Waals surface area contributed by atoms with Crippen LogP contribution in [-0.2, 0) is 4.74 Å². The molecule has 0 aromatic heterocycles. The summed E-state index contributed by atoms with van der Waals surface area (Å²) >= 11 is 0. The molecule has 0 radical (unpaired) electrons. The van der Waals surface area contributed by atoms with Crippen LogP contribution in [0.3, 0.4) is 0 Å². The number of benzene rings is 2. The zero-order valence-electron chi connectivity index (χ0n) is 16.1. The number of para-hydroxylation sites is 1. The molecule has 1 unspecified atom stereocenters. The van der Waals surface area contributed by atoms with Gasteiger partial charge in [-0.05, 0) is 39.3 Å². The molecule has 138 valence electrons. The van der Waals surface area contributed by atoms with Crippen LogP contribution in [0.1, 0.15) is 27.7 Å². The molecule has 1 aliphatic heterocycles. The van der Waals surface area contributed by atoms with Gasteiger partial charge in [0.05, 0.1) is 0 Å². The Morgan fingerprint density at radius 2 is 1.65 bits per heavy atom. The minimum Gasteiger partial charge on any atom is -0.444 e. The fourth-order valence-electron chi connectivity index (χ4n) is 3.38. The average Bonchev–Trinajstić information content (AvgIpc) is 2.61. The maximum Gasteiger partial charge on any atom is 0.410 e. The van der Waals surface area contributed by atoms with Crippen LogP contribution in [-0.4, -0.2) is 42.3 Å². The van der Waals surface area contributed by atoms with E-state index < -0.39 is 5.60 Å². The van der Waals surface area contributed by atoms with Crippen molar-refractivity contribution in [1.82, 2.24) is 4.90 Å². The van der Waals surface area contributed by atoms with Gasteiger partial charge < -0.3 is 14.5 Å². The lowest BCUT2D eigenvalue weighted by atomic mass is 10.0. The fraction of sp³-hybridized carbons (Fsp3) is 0.409. The van der Waals surface area contributed by atoms with Crippen LogP contribution >= 0.6 is 0 Å². The van der Waals surface area contributed by atoms with E-state index in [1.807, 2.05) is 31.7 Å². The predicted octanol–water partition coefficient (Wildman–Crippen LogP) is 4.80. The number of carbonyl (C=O) groups is 1. The van der Waals surface area contributed by atoms with E-state index in [0.717, 1.165) is 13.1 Å². The molecule has 0 saturated carbocycles. The van der Waals surface area contributed by atoms with Gasteiger partial charge in [-0.25, -0.2) is 4.79 Å². The summed E-state index contributed by atoms with van der Waals surface area (Å²) in [6, 6.07) is 19.0. The lowest BCUT2D eigenvalue weighted by Gasteiger charge is -2.41. The Bertz CT molecular complexity index is 752. The first-order chi connectivity index (χ1) is 12.3. The summed E-state index contributed by atoms with van der Waals surface area (Å²) in [5.74, 6) is 0. The zero-order chi connectivity index (χ0) is 18.7. The SMILES string of the molecule is CC1CN(c2ccccc2-c2ccccc2)CCN1C(=O)OC(C)(C)C. The summed E-state index contributed by atoms with van der Waals surface area (Å²) in [6.07, 6.45) is -0.221. The molecule has 26 heavy (non-hydrogen) atoms. The number of hydrogen-bond donors (Lipinski definition) is 0. The van der Waals surface area contributed by atoms with E-state index in [0.29, 0.717) is 6.54 Å². The molecule has 1 amide bonds. The van der Waals surface area contributed by atoms with E-state index in [2.05, 4.69) is 60.4 Å². The topological polar surface area (TPSA) is 32.8 Å². The second kappa shape index (κ2) is 7.40. The van der Waals surface area contributed by atoms with E-state index in [1.165, 1.54) is 16.8 Å². The lowest BCUT2D eigenvalue weighted by molar-refractivity contribution is 0.0159. The molecular weight excluding hydrogens is 324 g/mol. The minimum atomic E-state index is -0.464. The van der Waals surface area contributed by atoms with Crippen molar-refractivity contribution >= 4 is 11.8 Å². The molecule has 4 nitrogen and oxygen atoms in total. The molecule has 1 saturated heterocycles. The van der Waals surface area contributed by atoms with Crippen LogP contribution in [0, 0.1) is 0 Å². The van der Waals surface area contributed by atoms with Crippen molar-refractivity contribution in [2.45, 2.75) is 39.3 Å². The third kappa shape index (κ3) is 4.18. The number of ether oxygens (including phenoxy) is 1. The van der Waals surface area contributed by atoms with E-state index in [-0.39, 0.29) is 12.1 Å². The molecule has 1 heterocycles. The number of hydrogen-bond acceptors (Lipinski definition) is 3. The van der Waals surface area contributed by atoms with Gasteiger partial charge in [0.1, 0.15) is 5.60 Å². The average molecular weight is 352 g/mol. The van der Waals surface area contributed by atoms with Gasteiger partial charge >= 0.3 is 6.09 Å². The van der Waals surface area contributed by atoms with Crippen LogP contribution in [0.25, 0.3) is 11.1 Å². The highest BCUT2D eigenvalue weighted by Crippen LogP contribution is 2.32. The Morgan fingerprint density at radius 1 is 1.00 bits per heavy atom. The highest BCUT2D eigenvalue weighted by atomic mass is 16.6. The monoisotopic (exact) mass is 352 g/mol. The Labute approximate surface area is 156 Å². The maximum atomic E-state index is 12.4. The van der Waals surface area contributed by atoms with E-state index >= 15 is 0 Å². The molecule has 2 aromatic carbocycles. The highest BCUT2D eigenvalue weighted by molar-refractivity contribution is 5.79. The van der Waals surface area contributed by atoms with Crippen LogP contribution < -0.4 is 4.90 Å². The van der Waals surface area contributed by atoms with Crippen molar-refractivity contribution in [2.75, 3.05) is 24.5 Å². The number of carbonyl (C=O) groups excluding carboxylic acids is 1. The lowest BCUT2D eigenvalue weighted by Crippen LogP contribution is -2.55. The standard InChI is InChI=1S/C22H28N2O2/c1-17-16-23(14-15-24(17)21(25)26-22(2,3)4)20-13-9-8-12-19(20)18-10-6-5-7-11-18/h5-13,17H,14-16H2,1-4H3. The number of anilines is 1. The molecule has 0 N–H and O–H groups in total. The van der Waals surface area contributed by atoms with Gasteiger partial charge in [-0.1, -0.05) is 48.5 Å². The van der Waals surface area contributed by atoms with Gasteiger partial charge in [0, 0.05) is 36.9 Å². The van der Waals surface area contributed by atoms with Gasteiger partial charge in [-0.3, -0.25) is 0 Å². The number of amides is 1. The Kier molecular flexibility index (Phi) is 5.21. The first-order valence-electron chi connectivity index (χ1n) is 9.24. The van der Waals surface area contributed by atoms with Gasteiger partial charge in [-0.2, -0.15) is 0 Å². The van der Waals surface area contributed by atoms with Crippen molar-refractivity contribution in [1.29, 1.82) is 0 Å². The number of rotatable bonds is 2. The zero-order valence-corrected chi connectivity index (χ0v) is 16.1. The molecule has 0 bridgehead atoms. The van der Waals surface area contributed by atoms with Gasteiger partial charge in [0.25, 0.3) is 0 Å². The molecule has 3 rings (SSSR count). The number of piperazine rings is 1. The van der Waals surface area contributed by atoms with Crippen LogP contribution in [0.5, 0.6) is 0 Å². The van der Waals surface area contributed by atoms with Crippen molar-refractivity contribution in [3.63, 3.8) is 0 Å². The minimum absolute atomic E-state index is 0.0995. The molecule has 0 spiro atoms. The van der Waals surface area contributed by atoms with Crippen LogP contribution in [0.15, 0.2) is 54.6 Å². The summed E-state index contributed by atoms with van der Waals surface area (Å²) in [4.78, 5) is 16.7. The Balaban J connectivity index is 1.77. The maximum absolute atomic E-state index is 12.4. The Morgan fingerprint density at radius 3 is 2.31 bits per heavy atom. The van der Waals surface area contributed by atoms with Gasteiger partial charge in [0.15, 0.2) is 0 Å². The van der Waals surface area contributed by atoms with Gasteiger partial charge in [-0.15, -0.1) is 0 Å². The van der Waals surface area contributed by atoms with Gasteiger partial charge in [0.2, 0.25) is 0 Å². The van der Waals surface area contributed by atoms with Crippen molar-refractivity contribution in [3.8, 4) is 11.1 Å². The van der Waals surface area contributed by atoms with E-state index in [1.54, 1.807) is 0 Å². The largest absolute Gasteiger partial charge is 0.444 e. The molecule has 4 heteroatoms. The molecule has 2 aromatic rings. The van der Waals surface area contributed by atoms with Crippen LogP contribution in [0.2, 0.25) is 0 Å². The normalized spacial score (nSPS) is 17.9. The summed E-state index contributed by atoms with van der Waals surface area (Å²) in [5.41, 5.74) is 3.19. The third-order valence-corrected chi connectivity index (χ3v) is 4.59. The second-order valence-corrected chi connectivity index (χ2v) is 7.85.